The van der Waals surface area contributed by atoms with Crippen LogP contribution in [0, 0.1) is 0 Å². The lowest BCUT2D eigenvalue weighted by Gasteiger charge is -2.45. The molecule has 2 heterocycles. The Kier molecular flexibility index (Phi) is 4.49. The molecule has 1 nitrogen and oxygen atoms in total. The molecule has 0 aromatic heterocycles. The molecule has 0 unspecified atom stereocenters. The summed E-state index contributed by atoms with van der Waals surface area (Å²) in [5.41, 5.74) is 3.33. The van der Waals surface area contributed by atoms with Crippen molar-refractivity contribution >= 4 is 0 Å². The Morgan fingerprint density at radius 1 is 0.750 bits per heavy atom. The fourth-order valence-electron chi connectivity index (χ4n) is 5.72. The first-order chi connectivity index (χ1) is 11.5. The maximum absolute atomic E-state index is 2.99. The Labute approximate surface area is 148 Å². The van der Waals surface area contributed by atoms with Crippen LogP contribution in [0.5, 0.6) is 0 Å². The Morgan fingerprint density at radius 2 is 1.33 bits per heavy atom. The second-order valence-corrected chi connectivity index (χ2v) is 9.66. The van der Waals surface area contributed by atoms with Gasteiger partial charge in [0.2, 0.25) is 0 Å². The molecule has 4 rings (SSSR count). The van der Waals surface area contributed by atoms with Crippen molar-refractivity contribution in [1.29, 1.82) is 0 Å². The van der Waals surface area contributed by atoms with Crippen molar-refractivity contribution in [3.63, 3.8) is 0 Å². The summed E-state index contributed by atoms with van der Waals surface area (Å²) in [6.07, 6.45) is 13.1. The van der Waals surface area contributed by atoms with Gasteiger partial charge in [-0.05, 0) is 61.0 Å². The smallest absolute Gasteiger partial charge is 0.0107 e. The van der Waals surface area contributed by atoms with E-state index in [1.807, 2.05) is 0 Å². The fraction of sp³-hybridized carbons (Fsp3) is 0.739. The summed E-state index contributed by atoms with van der Waals surface area (Å²) in [4.78, 5) is 2.99. The highest BCUT2D eigenvalue weighted by molar-refractivity contribution is 5.30. The van der Waals surface area contributed by atoms with Crippen LogP contribution >= 0.6 is 0 Å². The molecule has 132 valence electrons. The fourth-order valence-corrected chi connectivity index (χ4v) is 5.72. The summed E-state index contributed by atoms with van der Waals surface area (Å²) in [6.45, 7) is 6.93. The van der Waals surface area contributed by atoms with Crippen molar-refractivity contribution in [2.75, 3.05) is 0 Å². The quantitative estimate of drug-likeness (QED) is 0.642. The molecule has 0 N–H and O–H groups in total. The highest BCUT2D eigenvalue weighted by atomic mass is 15.2. The zero-order chi connectivity index (χ0) is 16.7. The molecule has 3 atom stereocenters. The van der Waals surface area contributed by atoms with Gasteiger partial charge in [0.25, 0.3) is 0 Å². The van der Waals surface area contributed by atoms with E-state index in [0.717, 1.165) is 24.0 Å². The van der Waals surface area contributed by atoms with Crippen LogP contribution in [0.4, 0.5) is 0 Å². The first-order valence-corrected chi connectivity index (χ1v) is 10.4. The van der Waals surface area contributed by atoms with Gasteiger partial charge in [-0.15, -0.1) is 0 Å². The van der Waals surface area contributed by atoms with Crippen molar-refractivity contribution < 1.29 is 0 Å². The molecule has 2 saturated heterocycles. The predicted molar refractivity (Wildman–Crippen MR) is 103 cm³/mol. The van der Waals surface area contributed by atoms with Crippen LogP contribution < -0.4 is 0 Å². The minimum absolute atomic E-state index is 0.266. The standard InChI is InChI=1S/C23H35N/c1-23(2,3)19-11-9-17(10-12-19)18-15-21-13-14-22(16-18)24(21)20-7-5-4-6-8-20/h9-12,18,20-22H,4-8,13-16H2,1-3H3/t18-,21-,22+. The molecule has 0 amide bonds. The number of piperidine rings is 1. The normalized spacial score (nSPS) is 32.2. The Hall–Kier alpha value is -0.820. The third kappa shape index (κ3) is 3.17. The maximum atomic E-state index is 2.99. The highest BCUT2D eigenvalue weighted by Crippen LogP contribution is 2.46. The number of rotatable bonds is 2. The number of hydrogen-bond donors (Lipinski definition) is 0. The number of benzene rings is 1. The summed E-state index contributed by atoms with van der Waals surface area (Å²) in [5, 5.41) is 0. The lowest BCUT2D eigenvalue weighted by atomic mass is 9.81. The molecule has 2 aliphatic heterocycles. The minimum atomic E-state index is 0.266. The summed E-state index contributed by atoms with van der Waals surface area (Å²) in [7, 11) is 0. The third-order valence-electron chi connectivity index (χ3n) is 7.03. The van der Waals surface area contributed by atoms with Crippen LogP contribution in [0.15, 0.2) is 24.3 Å². The molecule has 3 aliphatic rings. The zero-order valence-corrected chi connectivity index (χ0v) is 15.9. The molecule has 1 aromatic rings. The van der Waals surface area contributed by atoms with Gasteiger partial charge in [0.1, 0.15) is 0 Å². The largest absolute Gasteiger partial charge is 0.294 e. The number of fused-ring (bicyclic) bond motifs is 2. The van der Waals surface area contributed by atoms with E-state index < -0.39 is 0 Å². The number of nitrogens with zero attached hydrogens (tertiary/aromatic N) is 1. The Morgan fingerprint density at radius 3 is 1.88 bits per heavy atom. The summed E-state index contributed by atoms with van der Waals surface area (Å²) >= 11 is 0. The van der Waals surface area contributed by atoms with Gasteiger partial charge < -0.3 is 0 Å². The van der Waals surface area contributed by atoms with Crippen LogP contribution in [0.3, 0.4) is 0 Å². The van der Waals surface area contributed by atoms with Crippen molar-refractivity contribution in [3.8, 4) is 0 Å². The molecule has 1 heteroatoms. The highest BCUT2D eigenvalue weighted by Gasteiger charge is 2.44. The molecule has 1 aliphatic carbocycles. The summed E-state index contributed by atoms with van der Waals surface area (Å²) in [6, 6.07) is 12.3. The second-order valence-electron chi connectivity index (χ2n) is 9.66. The van der Waals surface area contributed by atoms with E-state index in [0.29, 0.717) is 0 Å². The first-order valence-electron chi connectivity index (χ1n) is 10.4. The van der Waals surface area contributed by atoms with E-state index in [4.69, 9.17) is 0 Å². The molecule has 2 bridgehead atoms. The molecule has 0 radical (unpaired) electrons. The average Bonchev–Trinajstić information content (AvgIpc) is 2.85. The molecule has 1 aromatic carbocycles. The van der Waals surface area contributed by atoms with Crippen molar-refractivity contribution in [2.45, 2.75) is 108 Å². The van der Waals surface area contributed by atoms with E-state index in [2.05, 4.69) is 49.9 Å². The van der Waals surface area contributed by atoms with Gasteiger partial charge in [0.15, 0.2) is 0 Å². The van der Waals surface area contributed by atoms with E-state index in [9.17, 15) is 0 Å². The molecule has 24 heavy (non-hydrogen) atoms. The minimum Gasteiger partial charge on any atom is -0.294 e. The monoisotopic (exact) mass is 325 g/mol. The van der Waals surface area contributed by atoms with Gasteiger partial charge in [0, 0.05) is 18.1 Å². The molecular formula is C23H35N. The van der Waals surface area contributed by atoms with Gasteiger partial charge in [-0.25, -0.2) is 0 Å². The van der Waals surface area contributed by atoms with E-state index in [1.54, 1.807) is 5.56 Å². The van der Waals surface area contributed by atoms with Crippen LogP contribution in [-0.4, -0.2) is 23.0 Å². The Bertz CT molecular complexity index is 532. The lowest BCUT2D eigenvalue weighted by molar-refractivity contribution is 0.0567. The first kappa shape index (κ1) is 16.6. The van der Waals surface area contributed by atoms with Gasteiger partial charge in [-0.1, -0.05) is 64.3 Å². The molecule has 3 fully saturated rings. The van der Waals surface area contributed by atoms with Crippen LogP contribution in [0.25, 0.3) is 0 Å². The topological polar surface area (TPSA) is 3.24 Å². The summed E-state index contributed by atoms with van der Waals surface area (Å²) in [5.74, 6) is 0.802. The van der Waals surface area contributed by atoms with Gasteiger partial charge in [-0.2, -0.15) is 0 Å². The molecular weight excluding hydrogens is 290 g/mol. The third-order valence-corrected chi connectivity index (χ3v) is 7.03. The second kappa shape index (κ2) is 6.48. The zero-order valence-electron chi connectivity index (χ0n) is 15.9. The number of hydrogen-bond acceptors (Lipinski definition) is 1. The predicted octanol–water partition coefficient (Wildman–Crippen LogP) is 6.03. The molecule has 1 saturated carbocycles. The van der Waals surface area contributed by atoms with Crippen LogP contribution in [0.2, 0.25) is 0 Å². The van der Waals surface area contributed by atoms with E-state index in [1.165, 1.54) is 63.4 Å². The van der Waals surface area contributed by atoms with Gasteiger partial charge in [-0.3, -0.25) is 4.90 Å². The Balaban J connectivity index is 1.46. The van der Waals surface area contributed by atoms with Crippen molar-refractivity contribution in [3.05, 3.63) is 35.4 Å². The summed E-state index contributed by atoms with van der Waals surface area (Å²) < 4.78 is 0. The maximum Gasteiger partial charge on any atom is 0.0107 e. The van der Waals surface area contributed by atoms with Gasteiger partial charge >= 0.3 is 0 Å². The van der Waals surface area contributed by atoms with Crippen molar-refractivity contribution in [1.82, 2.24) is 4.90 Å². The van der Waals surface area contributed by atoms with E-state index >= 15 is 0 Å². The lowest BCUT2D eigenvalue weighted by Crippen LogP contribution is -2.49. The van der Waals surface area contributed by atoms with Crippen LogP contribution in [0.1, 0.15) is 95.6 Å². The van der Waals surface area contributed by atoms with Crippen molar-refractivity contribution in [2.24, 2.45) is 0 Å². The molecule has 0 spiro atoms. The van der Waals surface area contributed by atoms with Crippen LogP contribution in [-0.2, 0) is 5.41 Å². The van der Waals surface area contributed by atoms with E-state index in [-0.39, 0.29) is 5.41 Å². The average molecular weight is 326 g/mol. The van der Waals surface area contributed by atoms with Gasteiger partial charge in [0.05, 0.1) is 0 Å². The SMILES string of the molecule is CC(C)(C)c1ccc([C@@H]2C[C@H]3CC[C@@H](C2)N3C2CCCCC2)cc1.